The van der Waals surface area contributed by atoms with Gasteiger partial charge in [0.1, 0.15) is 12.1 Å². The molecule has 0 spiro atoms. The molecule has 0 unspecified atom stereocenters. The van der Waals surface area contributed by atoms with Gasteiger partial charge in [-0.2, -0.15) is 0 Å². The summed E-state index contributed by atoms with van der Waals surface area (Å²) in [6.45, 7) is 0. The standard InChI is InChI=1S/C9H7ClN2O2/c1-14-9(13)4-2-3-7-5-6-8(10)12-11-7/h5-6H,4H2,1H3. The Morgan fingerprint density at radius 3 is 2.93 bits per heavy atom. The van der Waals surface area contributed by atoms with Gasteiger partial charge in [0, 0.05) is 0 Å². The number of nitrogens with zero attached hydrogens (tertiary/aromatic N) is 2. The molecule has 0 bridgehead atoms. The second kappa shape index (κ2) is 5.20. The van der Waals surface area contributed by atoms with Crippen LogP contribution in [0, 0.1) is 11.8 Å². The van der Waals surface area contributed by atoms with Gasteiger partial charge in [-0.1, -0.05) is 17.5 Å². The highest BCUT2D eigenvalue weighted by Gasteiger charge is 1.94. The van der Waals surface area contributed by atoms with Crippen molar-refractivity contribution in [2.75, 3.05) is 7.11 Å². The van der Waals surface area contributed by atoms with Crippen molar-refractivity contribution in [3.05, 3.63) is 23.0 Å². The fourth-order valence-electron chi connectivity index (χ4n) is 0.662. The number of carbonyl (C=O) groups excluding carboxylic acids is 1. The van der Waals surface area contributed by atoms with Crippen LogP contribution in [0.1, 0.15) is 12.1 Å². The highest BCUT2D eigenvalue weighted by molar-refractivity contribution is 6.29. The minimum atomic E-state index is -0.376. The van der Waals surface area contributed by atoms with E-state index < -0.39 is 0 Å². The van der Waals surface area contributed by atoms with Crippen LogP contribution >= 0.6 is 11.6 Å². The molecule has 1 aromatic heterocycles. The number of halogens is 1. The average molecular weight is 211 g/mol. The van der Waals surface area contributed by atoms with Crippen LogP contribution in [0.5, 0.6) is 0 Å². The smallest absolute Gasteiger partial charge is 0.317 e. The lowest BCUT2D eigenvalue weighted by molar-refractivity contribution is -0.139. The number of aromatic nitrogens is 2. The van der Waals surface area contributed by atoms with Crippen molar-refractivity contribution in [2.45, 2.75) is 6.42 Å². The summed E-state index contributed by atoms with van der Waals surface area (Å²) in [7, 11) is 1.31. The summed E-state index contributed by atoms with van der Waals surface area (Å²) in [5.74, 6) is 4.88. The fourth-order valence-corrected chi connectivity index (χ4v) is 0.763. The van der Waals surface area contributed by atoms with Crippen molar-refractivity contribution in [2.24, 2.45) is 0 Å². The van der Waals surface area contributed by atoms with Gasteiger partial charge in [-0.25, -0.2) is 0 Å². The number of ether oxygens (including phenoxy) is 1. The third-order valence-corrected chi connectivity index (χ3v) is 1.51. The monoisotopic (exact) mass is 210 g/mol. The molecular formula is C9H7ClN2O2. The van der Waals surface area contributed by atoms with Gasteiger partial charge in [0.15, 0.2) is 5.15 Å². The molecule has 4 nitrogen and oxygen atoms in total. The van der Waals surface area contributed by atoms with E-state index in [0.29, 0.717) is 10.8 Å². The maximum Gasteiger partial charge on any atom is 0.317 e. The van der Waals surface area contributed by atoms with Crippen molar-refractivity contribution in [3.8, 4) is 11.8 Å². The van der Waals surface area contributed by atoms with Gasteiger partial charge in [-0.3, -0.25) is 4.79 Å². The highest BCUT2D eigenvalue weighted by Crippen LogP contribution is 2.00. The van der Waals surface area contributed by atoms with Crippen LogP contribution in [0.4, 0.5) is 0 Å². The Balaban J connectivity index is 2.59. The number of hydrogen-bond donors (Lipinski definition) is 0. The van der Waals surface area contributed by atoms with E-state index in [1.807, 2.05) is 0 Å². The minimum Gasteiger partial charge on any atom is -0.468 e. The Bertz CT molecular complexity index is 378. The summed E-state index contributed by atoms with van der Waals surface area (Å²) < 4.78 is 4.41. The van der Waals surface area contributed by atoms with Gasteiger partial charge in [0.2, 0.25) is 0 Å². The Morgan fingerprint density at radius 2 is 2.36 bits per heavy atom. The molecule has 0 saturated carbocycles. The van der Waals surface area contributed by atoms with E-state index in [0.717, 1.165) is 0 Å². The molecule has 0 amide bonds. The molecular weight excluding hydrogens is 204 g/mol. The van der Waals surface area contributed by atoms with Crippen LogP contribution in [0.15, 0.2) is 12.1 Å². The molecule has 1 heterocycles. The molecule has 0 aliphatic heterocycles. The lowest BCUT2D eigenvalue weighted by Crippen LogP contribution is -1.97. The molecule has 0 radical (unpaired) electrons. The summed E-state index contributed by atoms with van der Waals surface area (Å²) in [4.78, 5) is 10.7. The molecule has 0 aliphatic rings. The van der Waals surface area contributed by atoms with Crippen molar-refractivity contribution in [1.29, 1.82) is 0 Å². The predicted molar refractivity (Wildman–Crippen MR) is 50.6 cm³/mol. The topological polar surface area (TPSA) is 52.1 Å². The zero-order valence-corrected chi connectivity index (χ0v) is 8.21. The summed E-state index contributed by atoms with van der Waals surface area (Å²) in [5, 5.41) is 7.60. The highest BCUT2D eigenvalue weighted by atomic mass is 35.5. The number of carbonyl (C=O) groups is 1. The number of methoxy groups -OCH3 is 1. The fraction of sp³-hybridized carbons (Fsp3) is 0.222. The lowest BCUT2D eigenvalue weighted by Gasteiger charge is -1.89. The van der Waals surface area contributed by atoms with E-state index in [2.05, 4.69) is 26.8 Å². The maximum atomic E-state index is 10.7. The minimum absolute atomic E-state index is 0.0425. The molecule has 0 saturated heterocycles. The Hall–Kier alpha value is -1.60. The molecule has 0 fully saturated rings. The number of rotatable bonds is 1. The summed E-state index contributed by atoms with van der Waals surface area (Å²) >= 11 is 5.52. The van der Waals surface area contributed by atoms with Crippen LogP contribution in [0.2, 0.25) is 5.15 Å². The molecule has 0 aliphatic carbocycles. The van der Waals surface area contributed by atoms with Gasteiger partial charge in [-0.05, 0) is 18.1 Å². The van der Waals surface area contributed by atoms with E-state index in [9.17, 15) is 4.79 Å². The first kappa shape index (κ1) is 10.5. The molecule has 0 N–H and O–H groups in total. The Kier molecular flexibility index (Phi) is 3.89. The quantitative estimate of drug-likeness (QED) is 0.514. The van der Waals surface area contributed by atoms with Crippen LogP contribution in [-0.2, 0) is 9.53 Å². The summed E-state index contributed by atoms with van der Waals surface area (Å²) in [6, 6.07) is 3.20. The van der Waals surface area contributed by atoms with Gasteiger partial charge in [0.05, 0.1) is 7.11 Å². The largest absolute Gasteiger partial charge is 0.468 e. The van der Waals surface area contributed by atoms with Gasteiger partial charge in [0.25, 0.3) is 0 Å². The zero-order valence-electron chi connectivity index (χ0n) is 7.45. The van der Waals surface area contributed by atoms with Gasteiger partial charge >= 0.3 is 5.97 Å². The van der Waals surface area contributed by atoms with E-state index >= 15 is 0 Å². The summed E-state index contributed by atoms with van der Waals surface area (Å²) in [5.41, 5.74) is 0.471. The van der Waals surface area contributed by atoms with Crippen LogP contribution in [0.25, 0.3) is 0 Å². The van der Waals surface area contributed by atoms with Crippen LogP contribution in [-0.4, -0.2) is 23.3 Å². The van der Waals surface area contributed by atoms with Crippen molar-refractivity contribution < 1.29 is 9.53 Å². The lowest BCUT2D eigenvalue weighted by atomic mass is 10.3. The number of hydrogen-bond acceptors (Lipinski definition) is 4. The van der Waals surface area contributed by atoms with Gasteiger partial charge < -0.3 is 4.74 Å². The molecule has 0 atom stereocenters. The van der Waals surface area contributed by atoms with Crippen LogP contribution < -0.4 is 0 Å². The average Bonchev–Trinajstić information content (AvgIpc) is 2.21. The number of esters is 1. The van der Waals surface area contributed by atoms with E-state index in [1.54, 1.807) is 12.1 Å². The molecule has 72 valence electrons. The summed E-state index contributed by atoms with van der Waals surface area (Å²) in [6.07, 6.45) is 0.0425. The first-order valence-corrected chi connectivity index (χ1v) is 4.15. The Morgan fingerprint density at radius 1 is 1.57 bits per heavy atom. The van der Waals surface area contributed by atoms with Gasteiger partial charge in [-0.15, -0.1) is 10.2 Å². The Labute approximate surface area is 86.2 Å². The predicted octanol–water partition coefficient (Wildman–Crippen LogP) is 1.04. The first-order chi connectivity index (χ1) is 6.72. The zero-order chi connectivity index (χ0) is 10.4. The van der Waals surface area contributed by atoms with E-state index in [1.165, 1.54) is 7.11 Å². The second-order valence-corrected chi connectivity index (χ2v) is 2.68. The third-order valence-electron chi connectivity index (χ3n) is 1.31. The molecule has 1 aromatic rings. The van der Waals surface area contributed by atoms with E-state index in [4.69, 9.17) is 11.6 Å². The van der Waals surface area contributed by atoms with Crippen LogP contribution in [0.3, 0.4) is 0 Å². The first-order valence-electron chi connectivity index (χ1n) is 3.77. The molecule has 0 aromatic carbocycles. The third kappa shape index (κ3) is 3.42. The van der Waals surface area contributed by atoms with Crippen molar-refractivity contribution in [1.82, 2.24) is 10.2 Å². The van der Waals surface area contributed by atoms with E-state index in [-0.39, 0.29) is 12.4 Å². The second-order valence-electron chi connectivity index (χ2n) is 2.30. The maximum absolute atomic E-state index is 10.7. The molecule has 1 rings (SSSR count). The molecule has 5 heteroatoms. The SMILES string of the molecule is COC(=O)CC#Cc1ccc(Cl)nn1. The van der Waals surface area contributed by atoms with Crippen molar-refractivity contribution in [3.63, 3.8) is 0 Å². The molecule has 14 heavy (non-hydrogen) atoms. The van der Waals surface area contributed by atoms with Crippen molar-refractivity contribution >= 4 is 17.6 Å². The normalized spacial score (nSPS) is 8.71.